The summed E-state index contributed by atoms with van der Waals surface area (Å²) >= 11 is 5.91. The minimum Gasteiger partial charge on any atom is -0.756 e. The van der Waals surface area contributed by atoms with Gasteiger partial charge in [0.15, 0.2) is 6.10 Å². The van der Waals surface area contributed by atoms with Crippen LogP contribution in [0.4, 0.5) is 0 Å². The molecule has 2 aromatic rings. The Morgan fingerprint density at radius 3 is 1.78 bits per heavy atom. The van der Waals surface area contributed by atoms with Gasteiger partial charge in [0.05, 0.1) is 18.2 Å². The fourth-order valence-electron chi connectivity index (χ4n) is 6.40. The minimum absolute atomic E-state index is 0.00796. The van der Waals surface area contributed by atoms with E-state index in [4.69, 9.17) is 34.5 Å². The van der Waals surface area contributed by atoms with Crippen LogP contribution in [-0.2, 0) is 32.7 Å². The number of hydrogen-bond acceptors (Lipinski definition) is 12. The number of ether oxygens (including phenoxy) is 2. The topological polar surface area (TPSA) is 191 Å². The van der Waals surface area contributed by atoms with E-state index in [2.05, 4.69) is 19.2 Å². The SMILES string of the molecule is CCCCCCCCCCCCCC(=O)OCC(COP(=O)([O-])OCCNC(=O)c1cc2cc(Cl)c(O)cc2oc1=O)OC(=O)CCCCCCCCCCCCC. The number of aromatic hydroxyl groups is 1. The first-order chi connectivity index (χ1) is 28.0. The van der Waals surface area contributed by atoms with Gasteiger partial charge in [0.2, 0.25) is 0 Å². The largest absolute Gasteiger partial charge is 0.756 e. The highest BCUT2D eigenvalue weighted by Crippen LogP contribution is 2.38. The van der Waals surface area contributed by atoms with E-state index in [1.54, 1.807) is 0 Å². The zero-order valence-corrected chi connectivity index (χ0v) is 36.5. The van der Waals surface area contributed by atoms with Gasteiger partial charge in [-0.2, -0.15) is 0 Å². The molecule has 2 N–H and O–H groups in total. The van der Waals surface area contributed by atoms with Crippen molar-refractivity contribution < 1.29 is 51.9 Å². The van der Waals surface area contributed by atoms with Gasteiger partial charge in [0.25, 0.3) is 13.7 Å². The predicted molar refractivity (Wildman–Crippen MR) is 224 cm³/mol. The molecule has 2 rings (SSSR count). The minimum atomic E-state index is -4.96. The van der Waals surface area contributed by atoms with Crippen molar-refractivity contribution in [1.29, 1.82) is 0 Å². The van der Waals surface area contributed by atoms with Gasteiger partial charge >= 0.3 is 17.6 Å². The molecule has 0 spiro atoms. The molecule has 1 aromatic carbocycles. The highest BCUT2D eigenvalue weighted by Gasteiger charge is 2.22. The normalized spacial score (nSPS) is 13.0. The van der Waals surface area contributed by atoms with Crippen molar-refractivity contribution in [1.82, 2.24) is 5.32 Å². The molecule has 1 amide bonds. The fourth-order valence-corrected chi connectivity index (χ4v) is 7.31. The summed E-state index contributed by atoms with van der Waals surface area (Å²) in [5, 5.41) is 12.4. The van der Waals surface area contributed by atoms with Gasteiger partial charge in [-0.1, -0.05) is 154 Å². The lowest BCUT2D eigenvalue weighted by molar-refractivity contribution is -0.228. The van der Waals surface area contributed by atoms with Gasteiger partial charge in [0, 0.05) is 30.8 Å². The number of nitrogens with one attached hydrogen (secondary N) is 1. The van der Waals surface area contributed by atoms with Gasteiger partial charge in [-0.15, -0.1) is 0 Å². The van der Waals surface area contributed by atoms with Crippen LogP contribution in [0.2, 0.25) is 5.02 Å². The molecule has 0 aliphatic rings. The highest BCUT2D eigenvalue weighted by molar-refractivity contribution is 7.45. The molecule has 0 radical (unpaired) electrons. The van der Waals surface area contributed by atoms with Crippen molar-refractivity contribution in [2.24, 2.45) is 0 Å². The molecule has 330 valence electrons. The number of carbonyl (C=O) groups excluding carboxylic acids is 3. The Bertz CT molecular complexity index is 1580. The van der Waals surface area contributed by atoms with E-state index in [-0.39, 0.29) is 53.3 Å². The molecular formula is C43H68ClNO12P-. The van der Waals surface area contributed by atoms with E-state index in [0.717, 1.165) is 44.6 Å². The summed E-state index contributed by atoms with van der Waals surface area (Å²) in [5.74, 6) is -2.17. The number of benzene rings is 1. The van der Waals surface area contributed by atoms with Crippen molar-refractivity contribution in [3.8, 4) is 5.75 Å². The molecule has 2 unspecified atom stereocenters. The lowest BCUT2D eigenvalue weighted by Gasteiger charge is -2.25. The number of unbranched alkanes of at least 4 members (excludes halogenated alkanes) is 20. The highest BCUT2D eigenvalue weighted by atomic mass is 35.5. The fraction of sp³-hybridized carbons (Fsp3) is 0.721. The van der Waals surface area contributed by atoms with Crippen molar-refractivity contribution in [3.63, 3.8) is 0 Å². The predicted octanol–water partition coefficient (Wildman–Crippen LogP) is 10.2. The summed E-state index contributed by atoms with van der Waals surface area (Å²) in [4.78, 5) is 62.7. The van der Waals surface area contributed by atoms with Gasteiger partial charge in [0.1, 0.15) is 23.5 Å². The van der Waals surface area contributed by atoms with E-state index >= 15 is 0 Å². The van der Waals surface area contributed by atoms with Crippen molar-refractivity contribution in [3.05, 3.63) is 39.2 Å². The Morgan fingerprint density at radius 1 is 0.741 bits per heavy atom. The molecule has 1 heterocycles. The number of phenols is 1. The summed E-state index contributed by atoms with van der Waals surface area (Å²) in [6.45, 7) is 2.54. The summed E-state index contributed by atoms with van der Waals surface area (Å²) in [6.07, 6.45) is 24.1. The van der Waals surface area contributed by atoms with Crippen LogP contribution in [0, 0.1) is 0 Å². The first kappa shape index (κ1) is 51.2. The third kappa shape index (κ3) is 23.6. The second-order valence-electron chi connectivity index (χ2n) is 15.0. The zero-order valence-electron chi connectivity index (χ0n) is 34.9. The van der Waals surface area contributed by atoms with Gasteiger partial charge < -0.3 is 38.3 Å². The molecule has 13 nitrogen and oxygen atoms in total. The Labute approximate surface area is 349 Å². The summed E-state index contributed by atoms with van der Waals surface area (Å²) in [5.41, 5.74) is -1.32. The maximum Gasteiger partial charge on any atom is 0.349 e. The molecule has 0 saturated heterocycles. The molecule has 2 atom stereocenters. The second-order valence-corrected chi connectivity index (χ2v) is 16.8. The summed E-state index contributed by atoms with van der Waals surface area (Å²) in [7, 11) is -4.96. The molecule has 0 bridgehead atoms. The van der Waals surface area contributed by atoms with Crippen LogP contribution in [0.5, 0.6) is 5.75 Å². The van der Waals surface area contributed by atoms with Gasteiger partial charge in [-0.3, -0.25) is 18.9 Å². The molecule has 1 aromatic heterocycles. The van der Waals surface area contributed by atoms with Crippen LogP contribution >= 0.6 is 19.4 Å². The quantitative estimate of drug-likeness (QED) is 0.0289. The second kappa shape index (κ2) is 31.0. The monoisotopic (exact) mass is 856 g/mol. The molecule has 0 saturated carbocycles. The van der Waals surface area contributed by atoms with E-state index < -0.39 is 50.6 Å². The lowest BCUT2D eigenvalue weighted by Crippen LogP contribution is -2.32. The first-order valence-electron chi connectivity index (χ1n) is 21.7. The van der Waals surface area contributed by atoms with Gasteiger partial charge in [-0.05, 0) is 25.0 Å². The maximum atomic E-state index is 12.7. The molecule has 58 heavy (non-hydrogen) atoms. The number of fused-ring (bicyclic) bond motifs is 1. The van der Waals surface area contributed by atoms with Crippen molar-refractivity contribution in [2.75, 3.05) is 26.4 Å². The molecule has 15 heteroatoms. The number of phosphoric acid groups is 1. The number of hydrogen-bond donors (Lipinski definition) is 2. The summed E-state index contributed by atoms with van der Waals surface area (Å²) < 4.78 is 38.4. The molecular weight excluding hydrogens is 789 g/mol. The number of esters is 2. The Morgan fingerprint density at radius 2 is 1.24 bits per heavy atom. The number of rotatable bonds is 35. The van der Waals surface area contributed by atoms with Crippen LogP contribution in [0.1, 0.15) is 178 Å². The van der Waals surface area contributed by atoms with E-state index in [9.17, 15) is 33.7 Å². The number of phenolic OH excluding ortho intramolecular Hbond substituents is 1. The number of phosphoric ester groups is 1. The van der Waals surface area contributed by atoms with Crippen molar-refractivity contribution in [2.45, 2.75) is 174 Å². The van der Waals surface area contributed by atoms with Crippen LogP contribution < -0.4 is 15.8 Å². The maximum absolute atomic E-state index is 12.7. The van der Waals surface area contributed by atoms with Crippen LogP contribution in [0.25, 0.3) is 11.0 Å². The van der Waals surface area contributed by atoms with E-state index in [1.165, 1.54) is 102 Å². The lowest BCUT2D eigenvalue weighted by atomic mass is 10.1. The zero-order chi connectivity index (χ0) is 42.4. The van der Waals surface area contributed by atoms with E-state index in [0.29, 0.717) is 12.8 Å². The average Bonchev–Trinajstić information content (AvgIpc) is 3.19. The smallest absolute Gasteiger partial charge is 0.349 e. The third-order valence-electron chi connectivity index (χ3n) is 9.80. The van der Waals surface area contributed by atoms with Gasteiger partial charge in [-0.25, -0.2) is 4.79 Å². The molecule has 0 fully saturated rings. The summed E-state index contributed by atoms with van der Waals surface area (Å²) in [6, 6.07) is 3.70. The van der Waals surface area contributed by atoms with Crippen LogP contribution in [0.15, 0.2) is 27.4 Å². The molecule has 0 aliphatic carbocycles. The average molecular weight is 857 g/mol. The number of amides is 1. The number of halogens is 1. The van der Waals surface area contributed by atoms with Crippen LogP contribution in [0.3, 0.4) is 0 Å². The third-order valence-corrected chi connectivity index (χ3v) is 11.1. The first-order valence-corrected chi connectivity index (χ1v) is 23.5. The van der Waals surface area contributed by atoms with Crippen molar-refractivity contribution >= 4 is 48.2 Å². The Balaban J connectivity index is 1.78. The number of carbonyl (C=O) groups is 3. The van der Waals surface area contributed by atoms with E-state index in [1.807, 2.05) is 0 Å². The Hall–Kier alpha value is -2.96. The van der Waals surface area contributed by atoms with Crippen LogP contribution in [-0.4, -0.2) is 55.4 Å². The Kier molecular flexibility index (Phi) is 27.3. The molecule has 0 aliphatic heterocycles. The standard InChI is InChI=1S/C43H69ClNO12P/c1-3-5-7-9-11-13-15-17-19-21-23-25-40(47)53-32-35(56-41(48)26-24-22-20-18-16-14-12-10-8-6-4-2)33-55-58(51,52)54-28-27-45-42(49)36-29-34-30-37(44)38(46)31-39(34)57-43(36)50/h29-31,35,46H,3-28,32-33H2,1-2H3,(H,45,49)(H,51,52)/p-1.